The summed E-state index contributed by atoms with van der Waals surface area (Å²) >= 11 is 0. The van der Waals surface area contributed by atoms with Crippen molar-refractivity contribution in [1.82, 2.24) is 8.96 Å². The number of hydrogen-bond acceptors (Lipinski definition) is 4. The first kappa shape index (κ1) is 19.7. The number of H-pyrrole nitrogens is 1. The second-order valence-corrected chi connectivity index (χ2v) is 7.84. The van der Waals surface area contributed by atoms with Crippen LogP contribution in [-0.2, 0) is 10.0 Å². The van der Waals surface area contributed by atoms with E-state index in [0.717, 1.165) is 37.4 Å². The molecule has 0 aliphatic heterocycles. The molecule has 0 radical (unpaired) electrons. The highest BCUT2D eigenvalue weighted by atomic mass is 32.2. The second-order valence-electron chi connectivity index (χ2n) is 6.03. The Labute approximate surface area is 153 Å². The van der Waals surface area contributed by atoms with Gasteiger partial charge in [-0.05, 0) is 25.5 Å². The van der Waals surface area contributed by atoms with Crippen molar-refractivity contribution in [3.05, 3.63) is 62.4 Å². The molecule has 0 amide bonds. The standard InChI is InChI=1S/C19H22N2O4S/c1-3-4-5-6-7-8-9-16-14-21(19(23)20-18(16)22)26(24,25)17-12-10-15(2)11-13-17/h10-14H,3-7H2,1-2H3,(H,20,22,23). The predicted octanol–water partition coefficient (Wildman–Crippen LogP) is 2.40. The van der Waals surface area contributed by atoms with Crippen molar-refractivity contribution < 1.29 is 8.42 Å². The number of hydrogen-bond donors (Lipinski definition) is 1. The molecule has 0 saturated carbocycles. The van der Waals surface area contributed by atoms with E-state index in [9.17, 15) is 18.0 Å². The first-order valence-corrected chi connectivity index (χ1v) is 9.97. The van der Waals surface area contributed by atoms with Gasteiger partial charge in [0, 0.05) is 12.6 Å². The lowest BCUT2D eigenvalue weighted by Gasteiger charge is -2.07. The Morgan fingerprint density at radius 2 is 1.77 bits per heavy atom. The van der Waals surface area contributed by atoms with Crippen LogP contribution in [0.3, 0.4) is 0 Å². The van der Waals surface area contributed by atoms with Gasteiger partial charge in [0.05, 0.1) is 4.90 Å². The van der Waals surface area contributed by atoms with Crippen molar-refractivity contribution in [1.29, 1.82) is 0 Å². The van der Waals surface area contributed by atoms with Gasteiger partial charge in [-0.25, -0.2) is 13.2 Å². The van der Waals surface area contributed by atoms with Crippen LogP contribution in [0.5, 0.6) is 0 Å². The molecule has 1 heterocycles. The third-order valence-corrected chi connectivity index (χ3v) is 5.52. The fourth-order valence-corrected chi connectivity index (χ4v) is 3.56. The van der Waals surface area contributed by atoms with Gasteiger partial charge in [-0.3, -0.25) is 9.78 Å². The zero-order valence-corrected chi connectivity index (χ0v) is 15.7. The summed E-state index contributed by atoms with van der Waals surface area (Å²) in [5.74, 6) is 5.54. The van der Waals surface area contributed by atoms with E-state index in [1.807, 2.05) is 11.9 Å². The molecule has 0 unspecified atom stereocenters. The molecular weight excluding hydrogens is 352 g/mol. The monoisotopic (exact) mass is 374 g/mol. The lowest BCUT2D eigenvalue weighted by Crippen LogP contribution is -2.35. The van der Waals surface area contributed by atoms with Gasteiger partial charge in [-0.1, -0.05) is 55.7 Å². The number of nitrogens with zero attached hydrogens (tertiary/aromatic N) is 1. The maximum absolute atomic E-state index is 12.7. The number of benzene rings is 1. The van der Waals surface area contributed by atoms with Gasteiger partial charge in [-0.2, -0.15) is 3.97 Å². The lowest BCUT2D eigenvalue weighted by atomic mass is 10.1. The highest BCUT2D eigenvalue weighted by Crippen LogP contribution is 2.12. The largest absolute Gasteiger partial charge is 0.342 e. The summed E-state index contributed by atoms with van der Waals surface area (Å²) < 4.78 is 25.9. The van der Waals surface area contributed by atoms with Crippen molar-refractivity contribution in [2.24, 2.45) is 0 Å². The van der Waals surface area contributed by atoms with Crippen LogP contribution in [0.4, 0.5) is 0 Å². The van der Waals surface area contributed by atoms with Gasteiger partial charge in [-0.15, -0.1) is 0 Å². The number of unbranched alkanes of at least 4 members (excludes halogenated alkanes) is 4. The minimum Gasteiger partial charge on any atom is -0.272 e. The predicted molar refractivity (Wildman–Crippen MR) is 101 cm³/mol. The van der Waals surface area contributed by atoms with E-state index in [2.05, 4.69) is 18.8 Å². The van der Waals surface area contributed by atoms with E-state index < -0.39 is 21.3 Å². The molecule has 0 fully saturated rings. The number of rotatable bonds is 6. The Kier molecular flexibility index (Phi) is 6.58. The molecule has 138 valence electrons. The van der Waals surface area contributed by atoms with Crippen molar-refractivity contribution >= 4 is 10.0 Å². The molecule has 26 heavy (non-hydrogen) atoms. The topological polar surface area (TPSA) is 89.0 Å². The second kappa shape index (κ2) is 8.68. The third kappa shape index (κ3) is 4.73. The molecule has 2 aromatic rings. The average molecular weight is 374 g/mol. The summed E-state index contributed by atoms with van der Waals surface area (Å²) in [4.78, 5) is 25.9. The maximum atomic E-state index is 12.7. The fourth-order valence-electron chi connectivity index (χ4n) is 2.34. The molecule has 7 heteroatoms. The van der Waals surface area contributed by atoms with Crippen LogP contribution < -0.4 is 11.2 Å². The first-order valence-electron chi connectivity index (χ1n) is 8.53. The minimum absolute atomic E-state index is 0.0317. The number of aryl methyl sites for hydroxylation is 1. The molecular formula is C19H22N2O4S. The Morgan fingerprint density at radius 3 is 2.42 bits per heavy atom. The molecule has 1 aromatic carbocycles. The first-order chi connectivity index (χ1) is 12.4. The van der Waals surface area contributed by atoms with E-state index in [1.165, 1.54) is 12.1 Å². The molecule has 1 aromatic heterocycles. The Morgan fingerprint density at radius 1 is 1.08 bits per heavy atom. The van der Waals surface area contributed by atoms with Gasteiger partial charge in [0.2, 0.25) is 0 Å². The highest BCUT2D eigenvalue weighted by Gasteiger charge is 2.19. The van der Waals surface area contributed by atoms with Crippen molar-refractivity contribution in [2.45, 2.75) is 50.8 Å². The molecule has 0 bridgehead atoms. The molecule has 2 rings (SSSR count). The smallest absolute Gasteiger partial charge is 0.272 e. The van der Waals surface area contributed by atoms with E-state index in [0.29, 0.717) is 10.4 Å². The zero-order chi connectivity index (χ0) is 19.2. The van der Waals surface area contributed by atoms with Crippen molar-refractivity contribution in [2.75, 3.05) is 0 Å². The van der Waals surface area contributed by atoms with Crippen molar-refractivity contribution in [3.63, 3.8) is 0 Å². The van der Waals surface area contributed by atoms with Crippen LogP contribution in [0.25, 0.3) is 0 Å². The summed E-state index contributed by atoms with van der Waals surface area (Å²) in [6.07, 6.45) is 5.83. The lowest BCUT2D eigenvalue weighted by molar-refractivity contribution is 0.583. The van der Waals surface area contributed by atoms with Gasteiger partial charge in [0.15, 0.2) is 0 Å². The van der Waals surface area contributed by atoms with Gasteiger partial charge in [0.25, 0.3) is 15.6 Å². The molecule has 6 nitrogen and oxygen atoms in total. The fraction of sp³-hybridized carbons (Fsp3) is 0.368. The quantitative estimate of drug-likeness (QED) is 0.621. The summed E-state index contributed by atoms with van der Waals surface area (Å²) in [6.45, 7) is 3.94. The number of nitrogens with one attached hydrogen (secondary N) is 1. The highest BCUT2D eigenvalue weighted by molar-refractivity contribution is 7.90. The SMILES string of the molecule is CCCCCCC#Cc1cn(S(=O)(=O)c2ccc(C)cc2)c(=O)[nH]c1=O. The van der Waals surface area contributed by atoms with Gasteiger partial charge in [0.1, 0.15) is 5.56 Å². The molecule has 0 aliphatic carbocycles. The summed E-state index contributed by atoms with van der Waals surface area (Å²) in [7, 11) is -4.10. The molecule has 0 aliphatic rings. The van der Waals surface area contributed by atoms with Crippen LogP contribution in [0.15, 0.2) is 44.9 Å². The molecule has 1 N–H and O–H groups in total. The van der Waals surface area contributed by atoms with Crippen LogP contribution in [0.1, 0.15) is 50.2 Å². The number of aromatic nitrogens is 2. The number of aromatic amines is 1. The summed E-state index contributed by atoms with van der Waals surface area (Å²) in [6, 6.07) is 6.11. The summed E-state index contributed by atoms with van der Waals surface area (Å²) in [5, 5.41) is 0. The molecule has 0 atom stereocenters. The van der Waals surface area contributed by atoms with E-state index in [1.54, 1.807) is 12.1 Å². The summed E-state index contributed by atoms with van der Waals surface area (Å²) in [5.41, 5.74) is -0.848. The average Bonchev–Trinajstić information content (AvgIpc) is 2.59. The zero-order valence-electron chi connectivity index (χ0n) is 14.9. The Bertz CT molecular complexity index is 1040. The van der Waals surface area contributed by atoms with E-state index in [-0.39, 0.29) is 10.5 Å². The molecule has 0 spiro atoms. The Balaban J connectivity index is 2.36. The van der Waals surface area contributed by atoms with E-state index in [4.69, 9.17) is 0 Å². The minimum atomic E-state index is -4.10. The molecule has 0 saturated heterocycles. The van der Waals surface area contributed by atoms with Gasteiger partial charge >= 0.3 is 5.69 Å². The third-order valence-electron chi connectivity index (χ3n) is 3.87. The van der Waals surface area contributed by atoms with Gasteiger partial charge < -0.3 is 0 Å². The van der Waals surface area contributed by atoms with Crippen LogP contribution in [0, 0.1) is 18.8 Å². The van der Waals surface area contributed by atoms with Crippen LogP contribution in [0.2, 0.25) is 0 Å². The maximum Gasteiger partial charge on any atom is 0.342 e. The van der Waals surface area contributed by atoms with E-state index >= 15 is 0 Å². The van der Waals surface area contributed by atoms with Crippen molar-refractivity contribution in [3.8, 4) is 11.8 Å². The normalized spacial score (nSPS) is 11.0. The van der Waals surface area contributed by atoms with Crippen LogP contribution in [-0.4, -0.2) is 17.4 Å². The van der Waals surface area contributed by atoms with Crippen LogP contribution >= 0.6 is 0 Å². The Hall–Kier alpha value is -2.59.